The molecule has 0 N–H and O–H groups in total. The van der Waals surface area contributed by atoms with Crippen LogP contribution < -0.4 is 15.1 Å². The number of benzene rings is 8. The molecule has 11 aromatic rings. The van der Waals surface area contributed by atoms with Crippen molar-refractivity contribution in [3.05, 3.63) is 162 Å². The monoisotopic (exact) mass is 856 g/mol. The number of furan rings is 1. The van der Waals surface area contributed by atoms with Crippen molar-refractivity contribution in [3.63, 3.8) is 0 Å². The third-order valence-corrected chi connectivity index (χ3v) is 16.9. The summed E-state index contributed by atoms with van der Waals surface area (Å²) in [5.74, 6) is 0. The van der Waals surface area contributed by atoms with Gasteiger partial charge in [0.2, 0.25) is 0 Å². The predicted octanol–water partition coefficient (Wildman–Crippen LogP) is 15.8. The van der Waals surface area contributed by atoms with Crippen molar-refractivity contribution in [2.45, 2.75) is 77.6 Å². The van der Waals surface area contributed by atoms with Gasteiger partial charge in [0, 0.05) is 69.8 Å². The highest BCUT2D eigenvalue weighted by Crippen LogP contribution is 2.55. The van der Waals surface area contributed by atoms with E-state index in [1.165, 1.54) is 122 Å². The van der Waals surface area contributed by atoms with Crippen LogP contribution in [0.25, 0.3) is 86.9 Å². The fourth-order valence-corrected chi connectivity index (χ4v) is 13.5. The minimum Gasteiger partial charge on any atom is -0.455 e. The van der Waals surface area contributed by atoms with Gasteiger partial charge in [0.25, 0.3) is 0 Å². The molecule has 3 nitrogen and oxygen atoms in total. The van der Waals surface area contributed by atoms with E-state index in [9.17, 15) is 0 Å². The summed E-state index contributed by atoms with van der Waals surface area (Å²) in [4.78, 5) is 2.69. The van der Waals surface area contributed by atoms with E-state index in [4.69, 9.17) is 4.42 Å². The first kappa shape index (κ1) is 37.8. The zero-order valence-electron chi connectivity index (χ0n) is 38.1. The molecule has 5 heterocycles. The molecule has 0 saturated carbocycles. The molecule has 2 aliphatic heterocycles. The molecule has 3 aliphatic rings. The van der Waals surface area contributed by atoms with Gasteiger partial charge in [0.1, 0.15) is 11.2 Å². The number of nitrogens with zero attached hydrogens (tertiary/aromatic N) is 2. The molecule has 0 radical (unpaired) electrons. The maximum Gasteiger partial charge on any atom is 0.343 e. The van der Waals surface area contributed by atoms with Crippen molar-refractivity contribution < 1.29 is 4.42 Å². The molecule has 3 aromatic heterocycles. The smallest absolute Gasteiger partial charge is 0.343 e. The molecule has 5 heteroatoms. The van der Waals surface area contributed by atoms with Gasteiger partial charge in [-0.05, 0) is 116 Å². The fourth-order valence-electron chi connectivity index (χ4n) is 12.2. The number of hydrogen-bond donors (Lipinski definition) is 0. The molecule has 65 heavy (non-hydrogen) atoms. The second kappa shape index (κ2) is 12.6. The normalized spacial score (nSPS) is 16.0. The van der Waals surface area contributed by atoms with Crippen LogP contribution in [0.1, 0.15) is 78.0 Å². The Kier molecular flexibility index (Phi) is 7.33. The number of anilines is 3. The molecule has 0 spiro atoms. The molecule has 0 fully saturated rings. The Morgan fingerprint density at radius 2 is 1.31 bits per heavy atom. The average molecular weight is 857 g/mol. The molecular weight excluding hydrogens is 808 g/mol. The van der Waals surface area contributed by atoms with Gasteiger partial charge in [-0.15, -0.1) is 11.3 Å². The Morgan fingerprint density at radius 3 is 2.09 bits per heavy atom. The summed E-state index contributed by atoms with van der Waals surface area (Å²) >= 11 is 2.01. The van der Waals surface area contributed by atoms with Gasteiger partial charge < -0.3 is 13.8 Å². The van der Waals surface area contributed by atoms with Crippen molar-refractivity contribution in [1.29, 1.82) is 0 Å². The molecule has 14 rings (SSSR count). The molecule has 0 atom stereocenters. The Morgan fingerprint density at radius 1 is 0.600 bits per heavy atom. The van der Waals surface area contributed by atoms with Crippen LogP contribution >= 0.6 is 11.3 Å². The number of aromatic nitrogens is 1. The van der Waals surface area contributed by atoms with Crippen LogP contribution in [0, 0.1) is 0 Å². The molecule has 0 amide bonds. The first-order valence-corrected chi connectivity index (χ1v) is 24.2. The van der Waals surface area contributed by atoms with Gasteiger partial charge in [-0.25, -0.2) is 0 Å². The Bertz CT molecular complexity index is 3890. The van der Waals surface area contributed by atoms with Crippen molar-refractivity contribution in [1.82, 2.24) is 4.48 Å². The largest absolute Gasteiger partial charge is 0.455 e. The van der Waals surface area contributed by atoms with E-state index in [0.717, 1.165) is 21.9 Å². The standard InChI is InChI=1S/C60H49BN2OS/c1-58(2,3)37-24-25-47(41(30-37)34-16-9-8-10-17-34)62-49-32-43-38-20-13-14-23-50(38)64-56(43)52-40-22-15-21-39-42-28-35-18-11-12-19-36(35)29-48(42)63(54(39)40)61(53(49)52)57-55(62)44-31-45-46(33-51(44)65-57)60(6,7)27-26-59(45,4)5/h8-25,28-33H,26-27H2,1-7H3. The number of para-hydroxylation sites is 2. The van der Waals surface area contributed by atoms with Crippen LogP contribution in [-0.4, -0.2) is 11.3 Å². The van der Waals surface area contributed by atoms with E-state index in [2.05, 4.69) is 203 Å². The van der Waals surface area contributed by atoms with Crippen molar-refractivity contribution >= 4 is 110 Å². The van der Waals surface area contributed by atoms with Crippen molar-refractivity contribution in [2.75, 3.05) is 4.90 Å². The Hall–Kier alpha value is -6.56. The molecule has 314 valence electrons. The van der Waals surface area contributed by atoms with Crippen molar-refractivity contribution in [3.8, 4) is 22.3 Å². The van der Waals surface area contributed by atoms with Gasteiger partial charge in [-0.2, -0.15) is 0 Å². The van der Waals surface area contributed by atoms with Gasteiger partial charge in [0.15, 0.2) is 0 Å². The van der Waals surface area contributed by atoms with Gasteiger partial charge in [-0.3, -0.25) is 0 Å². The van der Waals surface area contributed by atoms with Gasteiger partial charge in [-0.1, -0.05) is 146 Å². The van der Waals surface area contributed by atoms with Crippen LogP contribution in [0.4, 0.5) is 17.1 Å². The summed E-state index contributed by atoms with van der Waals surface area (Å²) in [6, 6.07) is 55.5. The second-order valence-corrected chi connectivity index (χ2v) is 22.6. The van der Waals surface area contributed by atoms with Crippen LogP contribution in [-0.2, 0) is 16.2 Å². The summed E-state index contributed by atoms with van der Waals surface area (Å²) in [7, 11) is 0. The van der Waals surface area contributed by atoms with E-state index in [1.54, 1.807) is 0 Å². The van der Waals surface area contributed by atoms with E-state index in [0.29, 0.717) is 0 Å². The molecule has 0 unspecified atom stereocenters. The summed E-state index contributed by atoms with van der Waals surface area (Å²) in [6.45, 7) is 16.8. The lowest BCUT2D eigenvalue weighted by atomic mass is 9.48. The lowest BCUT2D eigenvalue weighted by Crippen LogP contribution is -2.55. The maximum atomic E-state index is 7.13. The number of rotatable bonds is 2. The first-order chi connectivity index (χ1) is 31.4. The average Bonchev–Trinajstić information content (AvgIpc) is 3.97. The zero-order chi connectivity index (χ0) is 43.9. The molecule has 8 aromatic carbocycles. The highest BCUT2D eigenvalue weighted by atomic mass is 32.1. The molecule has 1 aliphatic carbocycles. The lowest BCUT2D eigenvalue weighted by Gasteiger charge is -2.42. The number of hydrogen-bond acceptors (Lipinski definition) is 3. The highest BCUT2D eigenvalue weighted by molar-refractivity contribution is 7.32. The van der Waals surface area contributed by atoms with Crippen LogP contribution in [0.5, 0.6) is 0 Å². The number of thiophene rings is 1. The van der Waals surface area contributed by atoms with Crippen LogP contribution in [0.3, 0.4) is 0 Å². The SMILES string of the molecule is CC(C)(C)c1ccc(N2c3cc4c(oc5ccccc54)c4c3B(c3sc5cc6c(cc5c32)C(C)(C)CCC6(C)C)n2c3cc5ccccc5cc3c3cccc-4c32)c(-c2ccccc2)c1. The molecule has 0 saturated heterocycles. The first-order valence-electron chi connectivity index (χ1n) is 23.4. The minimum atomic E-state index is -0.0932. The Balaban J connectivity index is 1.21. The summed E-state index contributed by atoms with van der Waals surface area (Å²) in [5, 5.41) is 8.75. The van der Waals surface area contributed by atoms with Gasteiger partial charge >= 0.3 is 6.85 Å². The van der Waals surface area contributed by atoms with Gasteiger partial charge in [0.05, 0.1) is 11.4 Å². The third kappa shape index (κ3) is 5.03. The van der Waals surface area contributed by atoms with E-state index >= 15 is 0 Å². The van der Waals surface area contributed by atoms with E-state index < -0.39 is 0 Å². The Labute approximate surface area is 384 Å². The quantitative estimate of drug-likeness (QED) is 0.162. The summed E-state index contributed by atoms with van der Waals surface area (Å²) < 4.78 is 12.6. The number of fused-ring (bicyclic) bond motifs is 15. The van der Waals surface area contributed by atoms with Crippen LogP contribution in [0.2, 0.25) is 0 Å². The minimum absolute atomic E-state index is 0.0325. The lowest BCUT2D eigenvalue weighted by molar-refractivity contribution is 0.332. The van der Waals surface area contributed by atoms with E-state index in [1.807, 2.05) is 11.3 Å². The van der Waals surface area contributed by atoms with Crippen LogP contribution in [0.15, 0.2) is 150 Å². The molecular formula is C60H49BN2OS. The summed E-state index contributed by atoms with van der Waals surface area (Å²) in [6.07, 6.45) is 2.35. The topological polar surface area (TPSA) is 21.3 Å². The zero-order valence-corrected chi connectivity index (χ0v) is 38.9. The second-order valence-electron chi connectivity index (χ2n) is 21.5. The third-order valence-electron chi connectivity index (χ3n) is 15.7. The van der Waals surface area contributed by atoms with E-state index in [-0.39, 0.29) is 23.1 Å². The molecule has 0 bridgehead atoms. The summed E-state index contributed by atoms with van der Waals surface area (Å²) in [5.41, 5.74) is 18.8. The highest BCUT2D eigenvalue weighted by Gasteiger charge is 2.47. The predicted molar refractivity (Wildman–Crippen MR) is 280 cm³/mol. The van der Waals surface area contributed by atoms with Crippen molar-refractivity contribution in [2.24, 2.45) is 0 Å². The fraction of sp³-hybridized carbons (Fsp3) is 0.200. The maximum absolute atomic E-state index is 7.13.